The number of alkyl halides is 4. The van der Waals surface area contributed by atoms with Gasteiger partial charge < -0.3 is 19.2 Å². The van der Waals surface area contributed by atoms with Gasteiger partial charge in [0, 0.05) is 0 Å². The molecule has 0 aliphatic carbocycles. The molecule has 2 aromatic rings. The Kier molecular flexibility index (Phi) is 5.05. The van der Waals surface area contributed by atoms with E-state index >= 15 is 0 Å². The lowest BCUT2D eigenvalue weighted by Crippen LogP contribution is -2.29. The topological polar surface area (TPSA) is 75.8 Å². The number of aromatic nitrogens is 1. The maximum absolute atomic E-state index is 13.3. The Morgan fingerprint density at radius 2 is 2.11 bits per heavy atom. The Morgan fingerprint density at radius 1 is 1.37 bits per heavy atom. The van der Waals surface area contributed by atoms with Crippen LogP contribution >= 0.6 is 0 Å². The Hall–Kier alpha value is -2.69. The molecule has 11 heteroatoms. The number of aliphatic hydroxyl groups excluding tert-OH is 1. The predicted octanol–water partition coefficient (Wildman–Crippen LogP) is 2.57. The number of carbonyl (C=O) groups excluding carboxylic acids is 1. The van der Waals surface area contributed by atoms with E-state index < -0.39 is 42.3 Å². The average molecular weight is 392 g/mol. The third-order valence-electron chi connectivity index (χ3n) is 3.88. The maximum atomic E-state index is 13.3. The van der Waals surface area contributed by atoms with Crippen molar-refractivity contribution in [1.29, 1.82) is 0 Å². The average Bonchev–Trinajstić information content (AvgIpc) is 3.20. The van der Waals surface area contributed by atoms with Gasteiger partial charge in [0.1, 0.15) is 30.1 Å². The van der Waals surface area contributed by atoms with Gasteiger partial charge in [0.2, 0.25) is 5.89 Å². The van der Waals surface area contributed by atoms with E-state index in [0.717, 1.165) is 17.2 Å². The molecule has 0 unspecified atom stereocenters. The normalized spacial score (nSPS) is 20.1. The molecule has 146 valence electrons. The van der Waals surface area contributed by atoms with Gasteiger partial charge in [0.25, 0.3) is 5.91 Å². The number of halogens is 5. The Balaban J connectivity index is 1.64. The van der Waals surface area contributed by atoms with Crippen LogP contribution in [-0.2, 0) is 12.8 Å². The Morgan fingerprint density at radius 3 is 2.74 bits per heavy atom. The minimum absolute atomic E-state index is 0.118. The number of benzene rings is 1. The Labute approximate surface area is 149 Å². The molecule has 1 aliphatic rings. The smallest absolute Gasteiger partial charge is 0.419 e. The summed E-state index contributed by atoms with van der Waals surface area (Å²) in [4.78, 5) is 17.0. The van der Waals surface area contributed by atoms with Gasteiger partial charge in [-0.15, -0.1) is 0 Å². The quantitative estimate of drug-likeness (QED) is 0.810. The van der Waals surface area contributed by atoms with Gasteiger partial charge in [0.05, 0.1) is 18.7 Å². The third-order valence-corrected chi connectivity index (χ3v) is 3.88. The van der Waals surface area contributed by atoms with Crippen LogP contribution in [0.1, 0.15) is 21.9 Å². The van der Waals surface area contributed by atoms with Crippen LogP contribution in [0.3, 0.4) is 0 Å². The van der Waals surface area contributed by atoms with E-state index in [9.17, 15) is 31.9 Å². The molecule has 2 atom stereocenters. The van der Waals surface area contributed by atoms with Gasteiger partial charge >= 0.3 is 6.18 Å². The molecule has 0 radical (unpaired) electrons. The summed E-state index contributed by atoms with van der Waals surface area (Å²) in [5.74, 6) is -2.48. The number of likely N-dealkylation sites (tertiary alicyclic amines) is 1. The second kappa shape index (κ2) is 7.14. The lowest BCUT2D eigenvalue weighted by molar-refractivity contribution is -0.140. The highest BCUT2D eigenvalue weighted by Crippen LogP contribution is 2.33. The first kappa shape index (κ1) is 19.1. The number of β-amino-alcohol motifs (C(OH)–C–C–N with tert-alkyl or cyclic N) is 1. The molecule has 0 bridgehead atoms. The van der Waals surface area contributed by atoms with Crippen LogP contribution in [0.2, 0.25) is 0 Å². The number of hydrogen-bond donors (Lipinski definition) is 1. The van der Waals surface area contributed by atoms with Crippen LogP contribution in [0.25, 0.3) is 0 Å². The van der Waals surface area contributed by atoms with E-state index in [-0.39, 0.29) is 30.4 Å². The van der Waals surface area contributed by atoms with Crippen LogP contribution in [0, 0.1) is 5.82 Å². The summed E-state index contributed by atoms with van der Waals surface area (Å²) in [6, 6.07) is 2.12. The summed E-state index contributed by atoms with van der Waals surface area (Å²) >= 11 is 0. The molecular weight excluding hydrogens is 379 g/mol. The number of nitrogens with zero attached hydrogens (tertiary/aromatic N) is 2. The van der Waals surface area contributed by atoms with Crippen molar-refractivity contribution in [3.63, 3.8) is 0 Å². The lowest BCUT2D eigenvalue weighted by atomic mass is 10.2. The monoisotopic (exact) mass is 392 g/mol. The molecule has 1 aromatic heterocycles. The number of rotatable bonds is 4. The van der Waals surface area contributed by atoms with E-state index in [0.29, 0.717) is 12.1 Å². The number of aliphatic hydroxyl groups is 1. The summed E-state index contributed by atoms with van der Waals surface area (Å²) in [6.45, 7) is -0.881. The van der Waals surface area contributed by atoms with Crippen molar-refractivity contribution in [2.24, 2.45) is 0 Å². The molecule has 1 N–H and O–H groups in total. The molecule has 0 saturated carbocycles. The van der Waals surface area contributed by atoms with Gasteiger partial charge in [-0.2, -0.15) is 13.2 Å². The van der Waals surface area contributed by atoms with Crippen LogP contribution in [0.4, 0.5) is 22.0 Å². The highest BCUT2D eigenvalue weighted by Gasteiger charge is 2.36. The zero-order chi connectivity index (χ0) is 19.8. The Bertz CT molecular complexity index is 828. The second-order valence-electron chi connectivity index (χ2n) is 5.85. The molecule has 1 amide bonds. The van der Waals surface area contributed by atoms with Crippen molar-refractivity contribution < 1.29 is 41.0 Å². The molecular formula is C16H13F5N2O4. The summed E-state index contributed by atoms with van der Waals surface area (Å²) in [5.41, 5.74) is -1.64. The van der Waals surface area contributed by atoms with Crippen molar-refractivity contribution in [3.8, 4) is 5.75 Å². The van der Waals surface area contributed by atoms with E-state index in [2.05, 4.69) is 4.98 Å². The fourth-order valence-corrected chi connectivity index (χ4v) is 2.51. The molecule has 2 heterocycles. The minimum Gasteiger partial charge on any atom is -0.484 e. The minimum atomic E-state index is -4.87. The van der Waals surface area contributed by atoms with Crippen LogP contribution in [0.5, 0.6) is 5.75 Å². The molecule has 1 fully saturated rings. The summed E-state index contributed by atoms with van der Waals surface area (Å²) in [5, 5.41) is 9.34. The molecule has 1 aromatic carbocycles. The molecule has 1 aliphatic heterocycles. The maximum Gasteiger partial charge on any atom is 0.419 e. The molecule has 27 heavy (non-hydrogen) atoms. The largest absolute Gasteiger partial charge is 0.484 e. The second-order valence-corrected chi connectivity index (χ2v) is 5.85. The fraction of sp³-hybridized carbons (Fsp3) is 0.375. The highest BCUT2D eigenvalue weighted by molar-refractivity contribution is 5.92. The van der Waals surface area contributed by atoms with E-state index in [1.807, 2.05) is 0 Å². The summed E-state index contributed by atoms with van der Waals surface area (Å²) in [7, 11) is 0. The van der Waals surface area contributed by atoms with Crippen molar-refractivity contribution in [3.05, 3.63) is 47.4 Å². The zero-order valence-electron chi connectivity index (χ0n) is 13.5. The molecule has 1 saturated heterocycles. The van der Waals surface area contributed by atoms with Gasteiger partial charge in [-0.1, -0.05) is 0 Å². The number of ether oxygens (including phenoxy) is 1. The molecule has 6 nitrogen and oxygen atoms in total. The molecule has 3 rings (SSSR count). The number of carbonyl (C=O) groups is 1. The van der Waals surface area contributed by atoms with Crippen molar-refractivity contribution in [2.45, 2.75) is 25.1 Å². The van der Waals surface area contributed by atoms with Crippen molar-refractivity contribution in [2.75, 3.05) is 13.1 Å². The SMILES string of the molecule is O=C(c1coc(COc2ccc(F)c(C(F)(F)F)c2)n1)N1C[C@@H](O)[C@H](F)C1. The first-order valence-corrected chi connectivity index (χ1v) is 7.70. The van der Waals surface area contributed by atoms with Gasteiger partial charge in [-0.05, 0) is 18.2 Å². The zero-order valence-corrected chi connectivity index (χ0v) is 13.5. The van der Waals surface area contributed by atoms with Crippen molar-refractivity contribution >= 4 is 5.91 Å². The van der Waals surface area contributed by atoms with Gasteiger partial charge in [0.15, 0.2) is 12.3 Å². The fourth-order valence-electron chi connectivity index (χ4n) is 2.51. The lowest BCUT2D eigenvalue weighted by Gasteiger charge is -2.12. The first-order chi connectivity index (χ1) is 12.6. The first-order valence-electron chi connectivity index (χ1n) is 7.70. The van der Waals surface area contributed by atoms with Gasteiger partial charge in [-0.25, -0.2) is 13.8 Å². The third kappa shape index (κ3) is 4.18. The van der Waals surface area contributed by atoms with Gasteiger partial charge in [-0.3, -0.25) is 4.79 Å². The van der Waals surface area contributed by atoms with Crippen LogP contribution in [-0.4, -0.2) is 46.3 Å². The summed E-state index contributed by atoms with van der Waals surface area (Å²) in [6.07, 6.45) is -6.71. The van der Waals surface area contributed by atoms with E-state index in [4.69, 9.17) is 9.15 Å². The van der Waals surface area contributed by atoms with E-state index in [1.54, 1.807) is 0 Å². The highest BCUT2D eigenvalue weighted by atomic mass is 19.4. The predicted molar refractivity (Wildman–Crippen MR) is 79.0 cm³/mol. The number of oxazole rings is 1. The standard InChI is InChI=1S/C16H13F5N2O4/c17-10-2-1-8(3-9(10)16(19,20)21)26-7-14-22-12(6-27-14)15(25)23-4-11(18)13(24)5-23/h1-3,6,11,13,24H,4-5,7H2/t11-,13-/m1/s1. The molecule has 0 spiro atoms. The van der Waals surface area contributed by atoms with Crippen LogP contribution in [0.15, 0.2) is 28.9 Å². The van der Waals surface area contributed by atoms with Crippen LogP contribution < -0.4 is 4.74 Å². The van der Waals surface area contributed by atoms with Crippen molar-refractivity contribution in [1.82, 2.24) is 9.88 Å². The van der Waals surface area contributed by atoms with E-state index in [1.165, 1.54) is 0 Å². The number of amides is 1. The summed E-state index contributed by atoms with van der Waals surface area (Å²) < 4.78 is 74.6. The number of hydrogen-bond acceptors (Lipinski definition) is 5.